The number of ether oxygens (including phenoxy) is 1. The highest BCUT2D eigenvalue weighted by Crippen LogP contribution is 2.33. The van der Waals surface area contributed by atoms with Crippen molar-refractivity contribution in [3.63, 3.8) is 0 Å². The van der Waals surface area contributed by atoms with E-state index in [1.807, 2.05) is 49.4 Å². The summed E-state index contributed by atoms with van der Waals surface area (Å²) >= 11 is 6.53. The van der Waals surface area contributed by atoms with E-state index in [0.717, 1.165) is 78.0 Å². The third-order valence-corrected chi connectivity index (χ3v) is 6.75. The fourth-order valence-electron chi connectivity index (χ4n) is 4.58. The summed E-state index contributed by atoms with van der Waals surface area (Å²) in [6, 6.07) is 18.3. The van der Waals surface area contributed by atoms with Crippen LogP contribution in [0.1, 0.15) is 22.3 Å². The molecule has 1 fully saturated rings. The first-order chi connectivity index (χ1) is 16.2. The van der Waals surface area contributed by atoms with E-state index in [1.165, 1.54) is 0 Å². The Labute approximate surface area is 198 Å². The van der Waals surface area contributed by atoms with Crippen molar-refractivity contribution in [2.24, 2.45) is 0 Å². The van der Waals surface area contributed by atoms with E-state index in [4.69, 9.17) is 21.3 Å². The molecule has 1 N–H and O–H groups in total. The van der Waals surface area contributed by atoms with Crippen LogP contribution in [0.25, 0.3) is 16.7 Å². The number of morpholine rings is 1. The Morgan fingerprint density at radius 1 is 1.12 bits per heavy atom. The molecule has 0 saturated carbocycles. The van der Waals surface area contributed by atoms with Gasteiger partial charge in [0.05, 0.1) is 29.8 Å². The summed E-state index contributed by atoms with van der Waals surface area (Å²) in [5.74, 6) is 0.975. The Morgan fingerprint density at radius 3 is 2.67 bits per heavy atom. The van der Waals surface area contributed by atoms with Gasteiger partial charge in [0.15, 0.2) is 5.65 Å². The van der Waals surface area contributed by atoms with Gasteiger partial charge in [-0.3, -0.25) is 9.30 Å². The number of hydrogen-bond acceptors (Lipinski definition) is 5. The van der Waals surface area contributed by atoms with Crippen molar-refractivity contribution in [1.29, 1.82) is 5.26 Å². The summed E-state index contributed by atoms with van der Waals surface area (Å²) in [6.45, 7) is 7.17. The number of pyridine rings is 1. The van der Waals surface area contributed by atoms with Crippen LogP contribution in [0.4, 0.5) is 5.82 Å². The molecule has 6 nitrogen and oxygen atoms in total. The van der Waals surface area contributed by atoms with E-state index in [0.29, 0.717) is 17.6 Å². The molecule has 1 saturated heterocycles. The van der Waals surface area contributed by atoms with Gasteiger partial charge in [-0.2, -0.15) is 5.26 Å². The lowest BCUT2D eigenvalue weighted by molar-refractivity contribution is 0.0398. The molecule has 7 heteroatoms. The fourth-order valence-corrected chi connectivity index (χ4v) is 4.78. The van der Waals surface area contributed by atoms with Gasteiger partial charge in [-0.25, -0.2) is 4.98 Å². The van der Waals surface area contributed by atoms with Crippen LogP contribution in [0.3, 0.4) is 0 Å². The van der Waals surface area contributed by atoms with Crippen LogP contribution in [0.5, 0.6) is 0 Å². The maximum Gasteiger partial charge on any atom is 0.157 e. The van der Waals surface area contributed by atoms with Gasteiger partial charge < -0.3 is 10.1 Å². The van der Waals surface area contributed by atoms with E-state index < -0.39 is 0 Å². The van der Waals surface area contributed by atoms with Crippen molar-refractivity contribution >= 4 is 34.1 Å². The molecule has 5 rings (SSSR count). The SMILES string of the molecule is Cc1c(Cc2ccccc2Cl)c(NCCN2CCOCC2)n2c(nc3ccccc32)c1C#N. The van der Waals surface area contributed by atoms with Crippen molar-refractivity contribution in [2.45, 2.75) is 13.3 Å². The van der Waals surface area contributed by atoms with Crippen LogP contribution in [-0.4, -0.2) is 53.7 Å². The molecule has 0 aliphatic carbocycles. The molecule has 1 aliphatic rings. The zero-order chi connectivity index (χ0) is 22.8. The Balaban J connectivity index is 1.64. The largest absolute Gasteiger partial charge is 0.379 e. The predicted octanol–water partition coefficient (Wildman–Crippen LogP) is 4.66. The van der Waals surface area contributed by atoms with E-state index in [-0.39, 0.29) is 0 Å². The smallest absolute Gasteiger partial charge is 0.157 e. The number of aromatic nitrogens is 2. The first-order valence-electron chi connectivity index (χ1n) is 11.3. The van der Waals surface area contributed by atoms with Gasteiger partial charge in [0.2, 0.25) is 0 Å². The molecule has 0 amide bonds. The Bertz CT molecular complexity index is 1350. The highest BCUT2D eigenvalue weighted by Gasteiger charge is 2.21. The third kappa shape index (κ3) is 4.16. The van der Waals surface area contributed by atoms with Crippen LogP contribution in [0, 0.1) is 18.3 Å². The van der Waals surface area contributed by atoms with Crippen LogP contribution in [-0.2, 0) is 11.2 Å². The molecule has 2 aromatic carbocycles. The Hall–Kier alpha value is -3.11. The lowest BCUT2D eigenvalue weighted by Crippen LogP contribution is -2.39. The van der Waals surface area contributed by atoms with E-state index in [9.17, 15) is 5.26 Å². The van der Waals surface area contributed by atoms with Crippen molar-refractivity contribution < 1.29 is 4.74 Å². The summed E-state index contributed by atoms with van der Waals surface area (Å²) in [7, 11) is 0. The second-order valence-electron chi connectivity index (χ2n) is 8.35. The number of nitrogens with zero attached hydrogens (tertiary/aromatic N) is 4. The number of anilines is 1. The molecular weight excluding hydrogens is 434 g/mol. The number of nitrogens with one attached hydrogen (secondary N) is 1. The first-order valence-corrected chi connectivity index (χ1v) is 11.6. The fraction of sp³-hybridized carbons (Fsp3) is 0.308. The molecule has 0 radical (unpaired) electrons. The van der Waals surface area contributed by atoms with Gasteiger partial charge in [-0.05, 0) is 36.2 Å². The Kier molecular flexibility index (Phi) is 6.19. The highest BCUT2D eigenvalue weighted by atomic mass is 35.5. The second kappa shape index (κ2) is 9.40. The topological polar surface area (TPSA) is 65.6 Å². The third-order valence-electron chi connectivity index (χ3n) is 6.38. The van der Waals surface area contributed by atoms with E-state index in [1.54, 1.807) is 0 Å². The molecule has 0 spiro atoms. The molecule has 2 aromatic heterocycles. The maximum absolute atomic E-state index is 10.1. The average Bonchev–Trinajstić information content (AvgIpc) is 3.22. The van der Waals surface area contributed by atoms with Crippen LogP contribution in [0.15, 0.2) is 48.5 Å². The number of nitriles is 1. The highest BCUT2D eigenvalue weighted by molar-refractivity contribution is 6.31. The summed E-state index contributed by atoms with van der Waals surface area (Å²) in [5.41, 5.74) is 6.19. The van der Waals surface area contributed by atoms with Crippen molar-refractivity contribution in [2.75, 3.05) is 44.7 Å². The zero-order valence-electron chi connectivity index (χ0n) is 18.6. The number of halogens is 1. The molecular formula is C26H26ClN5O. The summed E-state index contributed by atoms with van der Waals surface area (Å²) in [5, 5.41) is 14.5. The number of fused-ring (bicyclic) bond motifs is 3. The van der Waals surface area contributed by atoms with Crippen LogP contribution < -0.4 is 5.32 Å². The van der Waals surface area contributed by atoms with Gasteiger partial charge in [-0.15, -0.1) is 0 Å². The van der Waals surface area contributed by atoms with Crippen LogP contribution >= 0.6 is 11.6 Å². The number of benzene rings is 2. The molecule has 0 bridgehead atoms. The number of hydrogen-bond donors (Lipinski definition) is 1. The molecule has 168 valence electrons. The van der Waals surface area contributed by atoms with Gasteiger partial charge in [0.1, 0.15) is 11.9 Å². The monoisotopic (exact) mass is 459 g/mol. The van der Waals surface area contributed by atoms with Gasteiger partial charge >= 0.3 is 0 Å². The van der Waals surface area contributed by atoms with E-state index in [2.05, 4.69) is 26.8 Å². The summed E-state index contributed by atoms with van der Waals surface area (Å²) < 4.78 is 7.58. The molecule has 4 aromatic rings. The van der Waals surface area contributed by atoms with Crippen molar-refractivity contribution in [3.8, 4) is 6.07 Å². The molecule has 0 unspecified atom stereocenters. The molecule has 3 heterocycles. The van der Waals surface area contributed by atoms with Crippen LogP contribution in [0.2, 0.25) is 5.02 Å². The summed E-state index contributed by atoms with van der Waals surface area (Å²) in [6.07, 6.45) is 0.628. The van der Waals surface area contributed by atoms with Gasteiger partial charge in [-0.1, -0.05) is 41.9 Å². The normalized spacial score (nSPS) is 14.6. The predicted molar refractivity (Wildman–Crippen MR) is 132 cm³/mol. The molecule has 0 atom stereocenters. The Morgan fingerprint density at radius 2 is 1.88 bits per heavy atom. The average molecular weight is 460 g/mol. The minimum Gasteiger partial charge on any atom is -0.379 e. The second-order valence-corrected chi connectivity index (χ2v) is 8.75. The summed E-state index contributed by atoms with van der Waals surface area (Å²) in [4.78, 5) is 7.23. The zero-order valence-corrected chi connectivity index (χ0v) is 19.4. The number of para-hydroxylation sites is 2. The maximum atomic E-state index is 10.1. The molecule has 33 heavy (non-hydrogen) atoms. The molecule has 1 aliphatic heterocycles. The number of rotatable bonds is 6. The lowest BCUT2D eigenvalue weighted by atomic mass is 9.97. The standard InChI is InChI=1S/C26H26ClN5O/c1-18-20(16-19-6-2-3-7-22(19)27)25(29-10-11-31-12-14-33-15-13-31)32-24-9-5-4-8-23(24)30-26(32)21(18)17-28/h2-9,29H,10-16H2,1H3. The van der Waals surface area contributed by atoms with Gasteiger partial charge in [0, 0.05) is 43.2 Å². The lowest BCUT2D eigenvalue weighted by Gasteiger charge is -2.27. The van der Waals surface area contributed by atoms with E-state index >= 15 is 0 Å². The van der Waals surface area contributed by atoms with Crippen molar-refractivity contribution in [3.05, 3.63) is 75.8 Å². The quantitative estimate of drug-likeness (QED) is 0.454. The van der Waals surface area contributed by atoms with Gasteiger partial charge in [0.25, 0.3) is 0 Å². The minimum absolute atomic E-state index is 0.604. The number of imidazole rings is 1. The minimum atomic E-state index is 0.604. The first kappa shape index (κ1) is 21.7. The van der Waals surface area contributed by atoms with Crippen molar-refractivity contribution in [1.82, 2.24) is 14.3 Å².